The van der Waals surface area contributed by atoms with Gasteiger partial charge in [0.2, 0.25) is 0 Å². The number of benzene rings is 1. The number of nitrogens with zero attached hydrogens (tertiary/aromatic N) is 1. The number of aromatic amines is 1. The van der Waals surface area contributed by atoms with E-state index in [-0.39, 0.29) is 18.6 Å². The molecule has 1 fully saturated rings. The molecule has 0 radical (unpaired) electrons. The van der Waals surface area contributed by atoms with Gasteiger partial charge in [-0.1, -0.05) is 6.07 Å². The van der Waals surface area contributed by atoms with Crippen molar-refractivity contribution in [1.29, 1.82) is 0 Å². The molecule has 3 heterocycles. The van der Waals surface area contributed by atoms with Crippen molar-refractivity contribution in [2.75, 3.05) is 13.7 Å². The predicted molar refractivity (Wildman–Crippen MR) is 101 cm³/mol. The third-order valence-corrected chi connectivity index (χ3v) is 6.23. The summed E-state index contributed by atoms with van der Waals surface area (Å²) in [6, 6.07) is 4.98. The number of ether oxygens (including phenoxy) is 2. The first-order valence-corrected chi connectivity index (χ1v) is 10.6. The summed E-state index contributed by atoms with van der Waals surface area (Å²) in [5.41, 5.74) is -0.353. The van der Waals surface area contributed by atoms with Crippen molar-refractivity contribution in [2.45, 2.75) is 38.5 Å². The Morgan fingerprint density at radius 2 is 2.17 bits per heavy atom. The van der Waals surface area contributed by atoms with E-state index in [2.05, 4.69) is 4.98 Å². The van der Waals surface area contributed by atoms with Crippen LogP contribution in [0.15, 0.2) is 34.0 Å². The minimum atomic E-state index is -3.99. The largest absolute Gasteiger partial charge is 0.530 e. The molecule has 0 spiro atoms. The SMILES string of the molecule is COc1cccc2c1COP(=O)(OC[C@H]1O[C@@H](n3cc(C)c(=O)[nH]c3=O)C[C@@H]1F)O2. The van der Waals surface area contributed by atoms with Crippen LogP contribution in [0.5, 0.6) is 11.5 Å². The Bertz CT molecular complexity index is 1120. The fourth-order valence-electron chi connectivity index (χ4n) is 3.29. The molecule has 12 heteroatoms. The number of hydrogen-bond donors (Lipinski definition) is 1. The standard InChI is InChI=1S/C18H20FN2O8P/c1-10-7-21(18(23)20-17(10)22)16-6-12(19)15(28-16)9-27-30(24)26-8-11-13(25-2)4-3-5-14(11)29-30/h3-5,7,12,15-16H,6,8-9H2,1-2H3,(H,20,22,23)/t12-,15+,16+,30?/m0/s1. The van der Waals surface area contributed by atoms with E-state index in [1.807, 2.05) is 0 Å². The maximum Gasteiger partial charge on any atom is 0.530 e. The molecule has 10 nitrogen and oxygen atoms in total. The Kier molecular flexibility index (Phi) is 5.54. The molecule has 1 unspecified atom stereocenters. The first-order valence-electron chi connectivity index (χ1n) is 9.16. The highest BCUT2D eigenvalue weighted by Gasteiger charge is 2.41. The summed E-state index contributed by atoms with van der Waals surface area (Å²) in [6.45, 7) is 1.05. The molecule has 0 aliphatic carbocycles. The predicted octanol–water partition coefficient (Wildman–Crippen LogP) is 2.21. The maximum atomic E-state index is 14.5. The van der Waals surface area contributed by atoms with E-state index < -0.39 is 44.2 Å². The fraction of sp³-hybridized carbons (Fsp3) is 0.444. The van der Waals surface area contributed by atoms with Crippen LogP contribution < -0.4 is 20.5 Å². The third-order valence-electron chi connectivity index (χ3n) is 4.90. The molecular formula is C18H20FN2O8P. The van der Waals surface area contributed by atoms with Crippen molar-refractivity contribution in [1.82, 2.24) is 9.55 Å². The second-order valence-corrected chi connectivity index (χ2v) is 8.50. The molecule has 2 aliphatic heterocycles. The molecule has 4 atom stereocenters. The molecule has 1 aromatic carbocycles. The third kappa shape index (κ3) is 3.93. The summed E-state index contributed by atoms with van der Waals surface area (Å²) in [7, 11) is -2.50. The van der Waals surface area contributed by atoms with Crippen molar-refractivity contribution >= 4 is 7.82 Å². The Labute approximate surface area is 170 Å². The second-order valence-electron chi connectivity index (χ2n) is 6.90. The van der Waals surface area contributed by atoms with E-state index in [9.17, 15) is 18.5 Å². The number of aromatic nitrogens is 2. The number of methoxy groups -OCH3 is 1. The first-order chi connectivity index (χ1) is 14.3. The van der Waals surface area contributed by atoms with Crippen LogP contribution in [0.1, 0.15) is 23.8 Å². The normalized spacial score (nSPS) is 28.0. The zero-order valence-electron chi connectivity index (χ0n) is 16.2. The van der Waals surface area contributed by atoms with Gasteiger partial charge in [-0.05, 0) is 19.1 Å². The molecule has 1 aromatic heterocycles. The van der Waals surface area contributed by atoms with Crippen molar-refractivity contribution in [3.8, 4) is 11.5 Å². The molecule has 162 valence electrons. The van der Waals surface area contributed by atoms with Gasteiger partial charge in [0.15, 0.2) is 0 Å². The van der Waals surface area contributed by atoms with Gasteiger partial charge >= 0.3 is 13.5 Å². The monoisotopic (exact) mass is 442 g/mol. The van der Waals surface area contributed by atoms with Gasteiger partial charge in [-0.15, -0.1) is 0 Å². The van der Waals surface area contributed by atoms with E-state index in [4.69, 9.17) is 23.0 Å². The Morgan fingerprint density at radius 3 is 2.93 bits per heavy atom. The topological polar surface area (TPSA) is 118 Å². The number of aryl methyl sites for hydroxylation is 1. The number of alkyl halides is 1. The average Bonchev–Trinajstić information content (AvgIpc) is 3.09. The van der Waals surface area contributed by atoms with Crippen molar-refractivity contribution in [3.05, 3.63) is 56.4 Å². The van der Waals surface area contributed by atoms with Gasteiger partial charge in [0.1, 0.15) is 30.0 Å². The number of fused-ring (bicyclic) bond motifs is 1. The van der Waals surface area contributed by atoms with E-state index in [0.29, 0.717) is 17.1 Å². The van der Waals surface area contributed by atoms with Crippen LogP contribution in [-0.2, 0) is 25.0 Å². The lowest BCUT2D eigenvalue weighted by atomic mass is 10.2. The number of nitrogens with one attached hydrogen (secondary N) is 1. The number of phosphoric ester groups is 1. The lowest BCUT2D eigenvalue weighted by Crippen LogP contribution is -2.33. The molecule has 4 rings (SSSR count). The van der Waals surface area contributed by atoms with Gasteiger partial charge in [-0.3, -0.25) is 23.4 Å². The Morgan fingerprint density at radius 1 is 1.37 bits per heavy atom. The molecule has 2 aromatic rings. The number of H-pyrrole nitrogens is 1. The summed E-state index contributed by atoms with van der Waals surface area (Å²) in [4.78, 5) is 25.6. The van der Waals surface area contributed by atoms with Crippen LogP contribution in [-0.4, -0.2) is 35.5 Å². The zero-order chi connectivity index (χ0) is 21.5. The lowest BCUT2D eigenvalue weighted by molar-refractivity contribution is -0.0370. The summed E-state index contributed by atoms with van der Waals surface area (Å²) in [6.07, 6.45) is -2.35. The van der Waals surface area contributed by atoms with Crippen LogP contribution in [0, 0.1) is 6.92 Å². The molecule has 1 saturated heterocycles. The van der Waals surface area contributed by atoms with Gasteiger partial charge in [0, 0.05) is 18.2 Å². The molecular weight excluding hydrogens is 422 g/mol. The number of halogens is 1. The van der Waals surface area contributed by atoms with Crippen LogP contribution in [0.2, 0.25) is 0 Å². The highest BCUT2D eigenvalue weighted by molar-refractivity contribution is 7.49. The quantitative estimate of drug-likeness (QED) is 0.701. The van der Waals surface area contributed by atoms with E-state index in [1.165, 1.54) is 20.2 Å². The van der Waals surface area contributed by atoms with Crippen LogP contribution in [0.4, 0.5) is 4.39 Å². The number of rotatable bonds is 5. The Hall–Kier alpha value is -2.46. The van der Waals surface area contributed by atoms with E-state index in [0.717, 1.165) is 4.57 Å². The van der Waals surface area contributed by atoms with E-state index >= 15 is 0 Å². The second kappa shape index (κ2) is 7.99. The molecule has 1 N–H and O–H groups in total. The minimum Gasteiger partial charge on any atom is -0.496 e. The first kappa shape index (κ1) is 20.8. The minimum absolute atomic E-state index is 0.0596. The Balaban J connectivity index is 1.43. The van der Waals surface area contributed by atoms with Gasteiger partial charge in [-0.2, -0.15) is 0 Å². The molecule has 0 amide bonds. The smallest absolute Gasteiger partial charge is 0.496 e. The van der Waals surface area contributed by atoms with Crippen molar-refractivity contribution < 1.29 is 32.0 Å². The summed E-state index contributed by atoms with van der Waals surface area (Å²) in [5, 5.41) is 0. The fourth-order valence-corrected chi connectivity index (χ4v) is 4.50. The summed E-state index contributed by atoms with van der Waals surface area (Å²) in [5.74, 6) is 0.812. The molecule has 30 heavy (non-hydrogen) atoms. The van der Waals surface area contributed by atoms with Crippen molar-refractivity contribution in [3.63, 3.8) is 0 Å². The summed E-state index contributed by atoms with van der Waals surface area (Å²) < 4.78 is 55.0. The van der Waals surface area contributed by atoms with Gasteiger partial charge in [0.05, 0.1) is 25.9 Å². The lowest BCUT2D eigenvalue weighted by Gasteiger charge is -2.26. The summed E-state index contributed by atoms with van der Waals surface area (Å²) >= 11 is 0. The maximum absolute atomic E-state index is 14.5. The van der Waals surface area contributed by atoms with Crippen molar-refractivity contribution in [2.24, 2.45) is 0 Å². The van der Waals surface area contributed by atoms with Gasteiger partial charge in [0.25, 0.3) is 5.56 Å². The zero-order valence-corrected chi connectivity index (χ0v) is 17.1. The molecule has 0 bridgehead atoms. The number of hydrogen-bond acceptors (Lipinski definition) is 8. The molecule has 0 saturated carbocycles. The van der Waals surface area contributed by atoms with Gasteiger partial charge in [-0.25, -0.2) is 13.8 Å². The van der Waals surface area contributed by atoms with Crippen LogP contribution in [0.3, 0.4) is 0 Å². The highest BCUT2D eigenvalue weighted by atomic mass is 31.2. The highest BCUT2D eigenvalue weighted by Crippen LogP contribution is 2.56. The van der Waals surface area contributed by atoms with Crippen LogP contribution in [0.25, 0.3) is 0 Å². The van der Waals surface area contributed by atoms with Gasteiger partial charge < -0.3 is 14.0 Å². The number of phosphoric acid groups is 1. The molecule has 2 aliphatic rings. The van der Waals surface area contributed by atoms with Crippen LogP contribution >= 0.6 is 7.82 Å². The average molecular weight is 442 g/mol. The van der Waals surface area contributed by atoms with E-state index in [1.54, 1.807) is 18.2 Å².